The molecule has 0 aromatic carbocycles. The fraction of sp³-hybridized carbons (Fsp3) is 1.00. The van der Waals surface area contributed by atoms with Gasteiger partial charge in [0.25, 0.3) is 0 Å². The summed E-state index contributed by atoms with van der Waals surface area (Å²) >= 11 is 0. The summed E-state index contributed by atoms with van der Waals surface area (Å²) in [5.74, 6) is 0. The van der Waals surface area contributed by atoms with Crippen LogP contribution in [0.4, 0.5) is 0 Å². The van der Waals surface area contributed by atoms with Crippen LogP contribution in [0.2, 0.25) is 0 Å². The first kappa shape index (κ1) is 100. The van der Waals surface area contributed by atoms with Crippen LogP contribution in [0.3, 0.4) is 0 Å². The van der Waals surface area contributed by atoms with E-state index in [2.05, 4.69) is 0 Å². The third-order valence-electron chi connectivity index (χ3n) is 2.84. The summed E-state index contributed by atoms with van der Waals surface area (Å²) in [5, 5.41) is 0. The summed E-state index contributed by atoms with van der Waals surface area (Å²) < 4.78 is 30.6. The van der Waals surface area contributed by atoms with Gasteiger partial charge in [-0.25, -0.2) is 0 Å². The Morgan fingerprint density at radius 2 is 0.629 bits per heavy atom. The van der Waals surface area contributed by atoms with Crippen LogP contribution in [0.15, 0.2) is 0 Å². The van der Waals surface area contributed by atoms with E-state index in [4.69, 9.17) is 28.4 Å². The van der Waals surface area contributed by atoms with Crippen LogP contribution in [0.1, 0.15) is 64.8 Å². The molecule has 4 unspecified atom stereocenters. The van der Waals surface area contributed by atoms with Crippen LogP contribution in [-0.2, 0) is 28.4 Å². The average molecular weight is 569 g/mol. The molecule has 12 N–H and O–H groups in total. The van der Waals surface area contributed by atoms with Gasteiger partial charge >= 0.3 is 0 Å². The molecule has 0 spiro atoms. The predicted molar refractivity (Wildman–Crippen MR) is 157 cm³/mol. The second kappa shape index (κ2) is 76.5. The van der Waals surface area contributed by atoms with Crippen molar-refractivity contribution >= 4 is 34.7 Å². The molecule has 0 aromatic rings. The summed E-state index contributed by atoms with van der Waals surface area (Å²) in [6.45, 7) is 10.4. The molecule has 12 nitrogen and oxygen atoms in total. The van der Waals surface area contributed by atoms with E-state index in [1.54, 1.807) is 28.4 Å². The van der Waals surface area contributed by atoms with Crippen LogP contribution < -0.4 is 0 Å². The molecule has 0 saturated heterocycles. The van der Waals surface area contributed by atoms with Gasteiger partial charge in [-0.2, -0.15) is 0 Å². The Morgan fingerprint density at radius 3 is 0.771 bits per heavy atom. The van der Waals surface area contributed by atoms with E-state index < -0.39 is 0 Å². The fourth-order valence-corrected chi connectivity index (χ4v) is 1.30. The van der Waals surface area contributed by atoms with Gasteiger partial charge in [0, 0.05) is 45.8 Å². The minimum atomic E-state index is 0. The largest absolute Gasteiger partial charge is 0.412 e. The summed E-state index contributed by atoms with van der Waals surface area (Å²) in [7, 11) is 6.68. The quantitative estimate of drug-likeness (QED) is 0.269. The summed E-state index contributed by atoms with van der Waals surface area (Å²) in [6.07, 6.45) is 0.624. The second-order valence-electron chi connectivity index (χ2n) is 5.29. The van der Waals surface area contributed by atoms with Crippen molar-refractivity contribution in [1.82, 2.24) is 0 Å². The van der Waals surface area contributed by atoms with E-state index >= 15 is 0 Å². The van der Waals surface area contributed by atoms with E-state index in [0.29, 0.717) is 26.4 Å². The molecule has 0 aliphatic rings. The topological polar surface area (TPSA) is 244 Å². The van der Waals surface area contributed by atoms with E-state index in [1.165, 1.54) is 0 Å². The number of hydrogen-bond donors (Lipinski definition) is 0. The van der Waals surface area contributed by atoms with Gasteiger partial charge in [-0.15, -0.1) is 0 Å². The summed E-state index contributed by atoms with van der Waals surface area (Å²) in [4.78, 5) is 0. The standard InChI is InChI=1S/2C8H18O3.5CH4.2Al.6H2O.2H/c2*1-7(10-4)6-11-8(2)5-9-3;;;;;;;;;;;;;;;/h2*7-8H,5-6H2,1-4H3;5*1H4;;;6*1H2;;. The van der Waals surface area contributed by atoms with Crippen LogP contribution in [0, 0.1) is 0 Å². The first-order valence-electron chi connectivity index (χ1n) is 7.67. The maximum Gasteiger partial charge on any atom is 0.146 e. The molecule has 4 atom stereocenters. The maximum absolute atomic E-state index is 5.39. The highest BCUT2D eigenvalue weighted by atomic mass is 27.0. The minimum absolute atomic E-state index is 0. The van der Waals surface area contributed by atoms with Gasteiger partial charge < -0.3 is 61.3 Å². The molecule has 0 heterocycles. The molecule has 14 heteroatoms. The van der Waals surface area contributed by atoms with Crippen molar-refractivity contribution < 1.29 is 61.3 Å². The summed E-state index contributed by atoms with van der Waals surface area (Å²) in [5.41, 5.74) is 0. The Morgan fingerprint density at radius 1 is 0.429 bits per heavy atom. The highest BCUT2D eigenvalue weighted by molar-refractivity contribution is 5.76. The van der Waals surface area contributed by atoms with E-state index in [1.807, 2.05) is 27.7 Å². The summed E-state index contributed by atoms with van der Waals surface area (Å²) in [6, 6.07) is 0. The zero-order chi connectivity index (χ0) is 17.4. The van der Waals surface area contributed by atoms with Crippen molar-refractivity contribution in [2.75, 3.05) is 54.9 Å². The third kappa shape index (κ3) is 86.7. The van der Waals surface area contributed by atoms with Gasteiger partial charge in [0.15, 0.2) is 0 Å². The van der Waals surface area contributed by atoms with Gasteiger partial charge in [-0.1, -0.05) is 37.1 Å². The molecule has 0 aliphatic carbocycles. The third-order valence-corrected chi connectivity index (χ3v) is 2.84. The lowest BCUT2D eigenvalue weighted by Crippen LogP contribution is -2.21. The lowest BCUT2D eigenvalue weighted by atomic mass is 10.4. The highest BCUT2D eigenvalue weighted by Gasteiger charge is 2.05. The van der Waals surface area contributed by atoms with Crippen molar-refractivity contribution in [3.63, 3.8) is 0 Å². The lowest BCUT2D eigenvalue weighted by molar-refractivity contribution is -0.0386. The van der Waals surface area contributed by atoms with Crippen LogP contribution >= 0.6 is 0 Å². The maximum atomic E-state index is 5.39. The normalized spacial score (nSPS) is 10.3. The van der Waals surface area contributed by atoms with Gasteiger partial charge in [-0.05, 0) is 27.7 Å². The Labute approximate surface area is 239 Å². The fourth-order valence-electron chi connectivity index (χ4n) is 1.30. The van der Waals surface area contributed by atoms with Crippen molar-refractivity contribution in [2.24, 2.45) is 0 Å². The SMILES string of the molecule is C.C.C.C.C.COCC(C)OCC(C)OC.COCC(C)OCC(C)OC.O.O.O.O.O.O.[AlH2].[Al]. The zero-order valence-corrected chi connectivity index (χ0v) is 23.3. The molecule has 232 valence electrons. The Kier molecular flexibility index (Phi) is 219. The molecule has 35 heavy (non-hydrogen) atoms. The molecule has 0 aromatic heterocycles. The molecule has 4 radical (unpaired) electrons. The first-order valence-corrected chi connectivity index (χ1v) is 7.67. The Bertz CT molecular complexity index is 216. The lowest BCUT2D eigenvalue weighted by Gasteiger charge is -2.14. The molecule has 0 fully saturated rings. The van der Waals surface area contributed by atoms with Gasteiger partial charge in [0.1, 0.15) is 17.4 Å². The number of methoxy groups -OCH3 is 4. The van der Waals surface area contributed by atoms with E-state index in [9.17, 15) is 0 Å². The van der Waals surface area contributed by atoms with E-state index in [0.717, 1.165) is 0 Å². The molecule has 0 rings (SSSR count). The minimum Gasteiger partial charge on any atom is -0.412 e. The zero-order valence-electron chi connectivity index (χ0n) is 20.2. The number of ether oxygens (including phenoxy) is 6. The van der Waals surface area contributed by atoms with Crippen LogP contribution in [0.5, 0.6) is 0 Å². The smallest absolute Gasteiger partial charge is 0.146 e. The molecular weight excluding hydrogens is 498 g/mol. The molecule has 0 aliphatic heterocycles. The monoisotopic (exact) mass is 568 g/mol. The first-order chi connectivity index (χ1) is 10.4. The van der Waals surface area contributed by atoms with Gasteiger partial charge in [0.2, 0.25) is 0 Å². The second-order valence-corrected chi connectivity index (χ2v) is 5.29. The van der Waals surface area contributed by atoms with Gasteiger partial charge in [0.05, 0.1) is 50.8 Å². The van der Waals surface area contributed by atoms with Crippen molar-refractivity contribution in [3.8, 4) is 0 Å². The molecule has 0 amide bonds. The van der Waals surface area contributed by atoms with Crippen molar-refractivity contribution in [1.29, 1.82) is 0 Å². The van der Waals surface area contributed by atoms with Crippen LogP contribution in [-0.4, -0.2) is 147 Å². The van der Waals surface area contributed by atoms with E-state index in [-0.39, 0.29) is 129 Å². The van der Waals surface area contributed by atoms with Gasteiger partial charge in [-0.3, -0.25) is 0 Å². The number of rotatable bonds is 12. The van der Waals surface area contributed by atoms with Crippen LogP contribution in [0.25, 0.3) is 0 Å². The Balaban J connectivity index is -0.0000000128. The molecule has 0 bridgehead atoms. The average Bonchev–Trinajstić information content (AvgIpc) is 2.51. The Hall–Kier alpha value is 0.585. The molecular formula is C21H70Al2O12. The molecule has 0 saturated carbocycles. The highest BCUT2D eigenvalue weighted by Crippen LogP contribution is 1.96. The predicted octanol–water partition coefficient (Wildman–Crippen LogP) is -0.919. The van der Waals surface area contributed by atoms with Crippen molar-refractivity contribution in [2.45, 2.75) is 89.2 Å². The number of hydrogen-bond acceptors (Lipinski definition) is 6. The van der Waals surface area contributed by atoms with Crippen molar-refractivity contribution in [3.05, 3.63) is 0 Å².